The summed E-state index contributed by atoms with van der Waals surface area (Å²) in [4.78, 5) is 3.53. The van der Waals surface area contributed by atoms with E-state index < -0.39 is 0 Å². The Morgan fingerprint density at radius 2 is 2.08 bits per heavy atom. The summed E-state index contributed by atoms with van der Waals surface area (Å²) >= 11 is 0. The van der Waals surface area contributed by atoms with Gasteiger partial charge in [0.05, 0.1) is 0 Å². The lowest BCUT2D eigenvalue weighted by atomic mass is 10.2. The molecular formula is C11H12NO. The first kappa shape index (κ1) is 9.52. The van der Waals surface area contributed by atoms with E-state index in [9.17, 15) is 5.11 Å². The summed E-state index contributed by atoms with van der Waals surface area (Å²) < 4.78 is 0. The molecule has 0 N–H and O–H groups in total. The Morgan fingerprint density at radius 1 is 1.38 bits per heavy atom. The zero-order valence-corrected chi connectivity index (χ0v) is 7.60. The van der Waals surface area contributed by atoms with Crippen LogP contribution in [0.4, 0.5) is 0 Å². The molecule has 13 heavy (non-hydrogen) atoms. The molecule has 1 aromatic carbocycles. The van der Waals surface area contributed by atoms with E-state index >= 15 is 0 Å². The van der Waals surface area contributed by atoms with Crippen molar-refractivity contribution in [2.24, 2.45) is 4.99 Å². The van der Waals surface area contributed by atoms with Gasteiger partial charge in [0.25, 0.3) is 0 Å². The second-order valence-electron chi connectivity index (χ2n) is 2.63. The Kier molecular flexibility index (Phi) is 3.76. The minimum absolute atomic E-state index is 0.0906. The Labute approximate surface area is 78.3 Å². The lowest BCUT2D eigenvalue weighted by molar-refractivity contribution is 0.417. The quantitative estimate of drug-likeness (QED) is 0.498. The number of rotatable bonds is 3. The van der Waals surface area contributed by atoms with E-state index in [1.807, 2.05) is 42.5 Å². The highest BCUT2D eigenvalue weighted by Crippen LogP contribution is 2.01. The van der Waals surface area contributed by atoms with Gasteiger partial charge in [0.15, 0.2) is 0 Å². The molecule has 1 rings (SSSR count). The van der Waals surface area contributed by atoms with Crippen LogP contribution < -0.4 is 0 Å². The predicted molar refractivity (Wildman–Crippen MR) is 54.1 cm³/mol. The van der Waals surface area contributed by atoms with E-state index in [0.717, 1.165) is 5.56 Å². The van der Waals surface area contributed by atoms with Crippen molar-refractivity contribution in [2.45, 2.75) is 6.42 Å². The lowest BCUT2D eigenvalue weighted by Crippen LogP contribution is -1.88. The normalized spacial score (nSPS) is 12.2. The Hall–Kier alpha value is -1.57. The largest absolute Gasteiger partial charge is 0.273 e. The number of benzene rings is 1. The van der Waals surface area contributed by atoms with Crippen molar-refractivity contribution in [2.75, 3.05) is 7.05 Å². The maximum Gasteiger partial charge on any atom is 0.244 e. The van der Waals surface area contributed by atoms with Crippen LogP contribution in [-0.4, -0.2) is 12.9 Å². The summed E-state index contributed by atoms with van der Waals surface area (Å²) in [6, 6.07) is 9.87. The van der Waals surface area contributed by atoms with Crippen molar-refractivity contribution < 1.29 is 5.11 Å². The van der Waals surface area contributed by atoms with E-state index in [1.165, 1.54) is 7.05 Å². The number of nitrogens with zero attached hydrogens (tertiary/aromatic N) is 1. The van der Waals surface area contributed by atoms with Gasteiger partial charge in [0.1, 0.15) is 0 Å². The maximum atomic E-state index is 10.8. The third-order valence-electron chi connectivity index (χ3n) is 1.65. The Bertz CT molecular complexity index is 301. The molecule has 0 aliphatic heterocycles. The molecule has 0 saturated heterocycles. The van der Waals surface area contributed by atoms with Gasteiger partial charge < -0.3 is 0 Å². The van der Waals surface area contributed by atoms with Gasteiger partial charge in [-0.05, 0) is 5.56 Å². The molecule has 67 valence electrons. The number of hydrogen-bond acceptors (Lipinski definition) is 1. The molecule has 0 aromatic heterocycles. The van der Waals surface area contributed by atoms with E-state index in [1.54, 1.807) is 0 Å². The molecular weight excluding hydrogens is 162 g/mol. The first-order valence-corrected chi connectivity index (χ1v) is 4.17. The average Bonchev–Trinajstić information content (AvgIpc) is 2.19. The van der Waals surface area contributed by atoms with Gasteiger partial charge in [-0.3, -0.25) is 10.1 Å². The molecule has 2 heteroatoms. The van der Waals surface area contributed by atoms with E-state index in [-0.39, 0.29) is 5.90 Å². The van der Waals surface area contributed by atoms with E-state index in [4.69, 9.17) is 0 Å². The fourth-order valence-corrected chi connectivity index (χ4v) is 0.951. The topological polar surface area (TPSA) is 32.3 Å². The zero-order valence-electron chi connectivity index (χ0n) is 7.60. The second kappa shape index (κ2) is 5.14. The summed E-state index contributed by atoms with van der Waals surface area (Å²) in [5.41, 5.74) is 1.10. The molecule has 2 nitrogen and oxygen atoms in total. The summed E-state index contributed by atoms with van der Waals surface area (Å²) in [7, 11) is 1.51. The average molecular weight is 174 g/mol. The molecule has 0 amide bonds. The highest BCUT2D eigenvalue weighted by molar-refractivity contribution is 5.75. The molecule has 1 radical (unpaired) electrons. The van der Waals surface area contributed by atoms with Crippen LogP contribution in [0.3, 0.4) is 0 Å². The van der Waals surface area contributed by atoms with Crippen LogP contribution >= 0.6 is 0 Å². The van der Waals surface area contributed by atoms with Gasteiger partial charge in [-0.2, -0.15) is 0 Å². The summed E-state index contributed by atoms with van der Waals surface area (Å²) in [6.45, 7) is 0. The Morgan fingerprint density at radius 3 is 2.69 bits per heavy atom. The summed E-state index contributed by atoms with van der Waals surface area (Å²) in [5, 5.41) is 10.8. The van der Waals surface area contributed by atoms with Crippen LogP contribution in [0.25, 0.3) is 6.08 Å². The number of aliphatic imine (C=N–C) groups is 1. The molecule has 1 aromatic rings. The summed E-state index contributed by atoms with van der Waals surface area (Å²) in [5.74, 6) is -0.0906. The van der Waals surface area contributed by atoms with Crippen LogP contribution in [0.5, 0.6) is 0 Å². The lowest BCUT2D eigenvalue weighted by Gasteiger charge is -1.90. The molecule has 0 fully saturated rings. The third-order valence-corrected chi connectivity index (χ3v) is 1.65. The SMILES string of the molecule is CN=C([O])C/C=C/c1ccccc1. The Balaban J connectivity index is 2.50. The van der Waals surface area contributed by atoms with Crippen molar-refractivity contribution in [3.63, 3.8) is 0 Å². The van der Waals surface area contributed by atoms with Crippen LogP contribution in [0, 0.1) is 0 Å². The van der Waals surface area contributed by atoms with Crippen LogP contribution in [0.2, 0.25) is 0 Å². The van der Waals surface area contributed by atoms with Crippen LogP contribution in [0.1, 0.15) is 12.0 Å². The molecule has 0 aliphatic carbocycles. The van der Waals surface area contributed by atoms with Crippen molar-refractivity contribution in [3.8, 4) is 0 Å². The second-order valence-corrected chi connectivity index (χ2v) is 2.63. The van der Waals surface area contributed by atoms with Crippen molar-refractivity contribution in [1.82, 2.24) is 0 Å². The van der Waals surface area contributed by atoms with Crippen molar-refractivity contribution >= 4 is 12.0 Å². The first-order chi connectivity index (χ1) is 6.33. The molecule has 0 saturated carbocycles. The smallest absolute Gasteiger partial charge is 0.244 e. The molecule has 0 unspecified atom stereocenters. The van der Waals surface area contributed by atoms with Gasteiger partial charge in [-0.1, -0.05) is 42.5 Å². The predicted octanol–water partition coefficient (Wildman–Crippen LogP) is 2.55. The molecule has 0 bridgehead atoms. The van der Waals surface area contributed by atoms with Gasteiger partial charge >= 0.3 is 0 Å². The van der Waals surface area contributed by atoms with E-state index in [0.29, 0.717) is 6.42 Å². The summed E-state index contributed by atoms with van der Waals surface area (Å²) in [6.07, 6.45) is 4.12. The molecule has 0 heterocycles. The first-order valence-electron chi connectivity index (χ1n) is 4.17. The highest BCUT2D eigenvalue weighted by Gasteiger charge is 1.90. The fraction of sp³-hybridized carbons (Fsp3) is 0.182. The maximum absolute atomic E-state index is 10.8. The van der Waals surface area contributed by atoms with Crippen LogP contribution in [0.15, 0.2) is 41.4 Å². The van der Waals surface area contributed by atoms with Gasteiger partial charge in [-0.25, -0.2) is 0 Å². The third kappa shape index (κ3) is 3.56. The minimum atomic E-state index is -0.0906. The number of hydrogen-bond donors (Lipinski definition) is 0. The van der Waals surface area contributed by atoms with Gasteiger partial charge in [0, 0.05) is 13.5 Å². The van der Waals surface area contributed by atoms with Crippen molar-refractivity contribution in [1.29, 1.82) is 0 Å². The monoisotopic (exact) mass is 174 g/mol. The standard InChI is InChI=1S/C11H12NO/c1-12-11(13)9-5-8-10-6-3-2-4-7-10/h2-8H,9H2,1H3/b8-5+,12-11?. The van der Waals surface area contributed by atoms with E-state index in [2.05, 4.69) is 4.99 Å². The van der Waals surface area contributed by atoms with Crippen LogP contribution in [-0.2, 0) is 5.11 Å². The zero-order chi connectivity index (χ0) is 9.52. The van der Waals surface area contributed by atoms with Gasteiger partial charge in [0.2, 0.25) is 5.90 Å². The fourth-order valence-electron chi connectivity index (χ4n) is 0.951. The molecule has 0 aliphatic rings. The van der Waals surface area contributed by atoms with Gasteiger partial charge in [-0.15, -0.1) is 0 Å². The van der Waals surface area contributed by atoms with Crippen molar-refractivity contribution in [3.05, 3.63) is 42.0 Å². The molecule has 0 spiro atoms. The minimum Gasteiger partial charge on any atom is -0.273 e. The highest BCUT2D eigenvalue weighted by atomic mass is 16.3. The molecule has 0 atom stereocenters.